The van der Waals surface area contributed by atoms with E-state index >= 15 is 0 Å². The minimum absolute atomic E-state index is 0.157. The molecule has 19 heavy (non-hydrogen) atoms. The summed E-state index contributed by atoms with van der Waals surface area (Å²) < 4.78 is 2.13. The molecule has 1 atom stereocenters. The maximum Gasteiger partial charge on any atom is 0.0857 e. The van der Waals surface area contributed by atoms with Crippen LogP contribution in [0.2, 0.25) is 0 Å². The Bertz CT molecular complexity index is 599. The molecule has 0 fully saturated rings. The van der Waals surface area contributed by atoms with Crippen LogP contribution in [0.5, 0.6) is 0 Å². The summed E-state index contributed by atoms with van der Waals surface area (Å²) >= 11 is 15.6. The largest absolute Gasteiger partial charge is 0.129 e. The van der Waals surface area contributed by atoms with Crippen molar-refractivity contribution in [2.45, 2.75) is 17.2 Å². The SMILES string of the molecule is CSc1ccccc1C(Cl)c1cc(Br)c(C)cc1Br. The summed E-state index contributed by atoms with van der Waals surface area (Å²) in [5.41, 5.74) is 3.42. The quantitative estimate of drug-likeness (QED) is 0.400. The van der Waals surface area contributed by atoms with Crippen LogP contribution < -0.4 is 0 Å². The first-order chi connectivity index (χ1) is 9.04. The highest BCUT2D eigenvalue weighted by molar-refractivity contribution is 9.11. The number of benzene rings is 2. The Balaban J connectivity index is 2.50. The van der Waals surface area contributed by atoms with Crippen LogP contribution in [0.25, 0.3) is 0 Å². The first kappa shape index (κ1) is 15.4. The van der Waals surface area contributed by atoms with Crippen LogP contribution in [-0.4, -0.2) is 6.26 Å². The van der Waals surface area contributed by atoms with Gasteiger partial charge in [-0.15, -0.1) is 23.4 Å². The van der Waals surface area contributed by atoms with E-state index < -0.39 is 0 Å². The van der Waals surface area contributed by atoms with Gasteiger partial charge in [-0.1, -0.05) is 50.1 Å². The normalized spacial score (nSPS) is 12.5. The van der Waals surface area contributed by atoms with Crippen LogP contribution in [-0.2, 0) is 0 Å². The summed E-state index contributed by atoms with van der Waals surface area (Å²) in [5, 5.41) is -0.157. The second-order valence-electron chi connectivity index (χ2n) is 4.23. The number of thioether (sulfide) groups is 1. The lowest BCUT2D eigenvalue weighted by atomic mass is 10.0. The van der Waals surface area contributed by atoms with E-state index in [2.05, 4.69) is 69.3 Å². The molecule has 0 bridgehead atoms. The Morgan fingerprint density at radius 1 is 1.05 bits per heavy atom. The average Bonchev–Trinajstić information content (AvgIpc) is 2.42. The number of alkyl halides is 1. The van der Waals surface area contributed by atoms with E-state index in [1.807, 2.05) is 12.1 Å². The molecule has 2 aromatic rings. The molecule has 0 N–H and O–H groups in total. The Morgan fingerprint density at radius 2 is 1.74 bits per heavy atom. The van der Waals surface area contributed by atoms with Crippen molar-refractivity contribution in [2.24, 2.45) is 0 Å². The van der Waals surface area contributed by atoms with Crippen molar-refractivity contribution >= 4 is 55.2 Å². The summed E-state index contributed by atoms with van der Waals surface area (Å²) in [5.74, 6) is 0. The lowest BCUT2D eigenvalue weighted by Gasteiger charge is -2.16. The molecule has 0 aliphatic carbocycles. The maximum atomic E-state index is 6.68. The Kier molecular flexibility index (Phi) is 5.41. The first-order valence-electron chi connectivity index (χ1n) is 5.77. The van der Waals surface area contributed by atoms with E-state index in [9.17, 15) is 0 Å². The molecule has 0 heterocycles. The van der Waals surface area contributed by atoms with Gasteiger partial charge >= 0.3 is 0 Å². The van der Waals surface area contributed by atoms with E-state index in [1.54, 1.807) is 11.8 Å². The minimum Gasteiger partial charge on any atom is -0.129 e. The van der Waals surface area contributed by atoms with Crippen molar-refractivity contribution < 1.29 is 0 Å². The highest BCUT2D eigenvalue weighted by Crippen LogP contribution is 2.39. The third kappa shape index (κ3) is 3.38. The minimum atomic E-state index is -0.157. The second kappa shape index (κ2) is 6.66. The molecule has 2 aromatic carbocycles. The molecular formula is C15H13Br2ClS. The third-order valence-corrected chi connectivity index (χ3v) is 5.79. The lowest BCUT2D eigenvalue weighted by molar-refractivity contribution is 1.07. The molecule has 1 unspecified atom stereocenters. The van der Waals surface area contributed by atoms with Gasteiger partial charge in [-0.05, 0) is 48.1 Å². The number of rotatable bonds is 3. The fraction of sp³-hybridized carbons (Fsp3) is 0.200. The van der Waals surface area contributed by atoms with Crippen LogP contribution in [0.1, 0.15) is 22.1 Å². The fourth-order valence-electron chi connectivity index (χ4n) is 1.90. The van der Waals surface area contributed by atoms with Gasteiger partial charge in [-0.25, -0.2) is 0 Å². The number of hydrogen-bond donors (Lipinski definition) is 0. The summed E-state index contributed by atoms with van der Waals surface area (Å²) in [6, 6.07) is 12.4. The van der Waals surface area contributed by atoms with Crippen molar-refractivity contribution in [3.05, 3.63) is 62.0 Å². The van der Waals surface area contributed by atoms with E-state index in [-0.39, 0.29) is 5.38 Å². The van der Waals surface area contributed by atoms with Crippen LogP contribution in [0.15, 0.2) is 50.2 Å². The van der Waals surface area contributed by atoms with E-state index in [4.69, 9.17) is 11.6 Å². The number of aryl methyl sites for hydroxylation is 1. The molecule has 0 saturated carbocycles. The van der Waals surface area contributed by atoms with E-state index in [0.29, 0.717) is 0 Å². The molecule has 0 saturated heterocycles. The monoisotopic (exact) mass is 418 g/mol. The van der Waals surface area contributed by atoms with Gasteiger partial charge in [0, 0.05) is 13.8 Å². The van der Waals surface area contributed by atoms with Crippen molar-refractivity contribution in [3.8, 4) is 0 Å². The summed E-state index contributed by atoms with van der Waals surface area (Å²) in [6.07, 6.45) is 2.07. The predicted octanol–water partition coefficient (Wildman–Crippen LogP) is 6.57. The average molecular weight is 421 g/mol. The van der Waals surface area contributed by atoms with Gasteiger partial charge < -0.3 is 0 Å². The molecule has 100 valence electrons. The van der Waals surface area contributed by atoms with Crippen molar-refractivity contribution in [2.75, 3.05) is 6.26 Å². The Hall–Kier alpha value is 0.0400. The second-order valence-corrected chi connectivity index (χ2v) is 7.22. The van der Waals surface area contributed by atoms with Gasteiger partial charge in [0.15, 0.2) is 0 Å². The van der Waals surface area contributed by atoms with E-state index in [0.717, 1.165) is 20.1 Å². The Morgan fingerprint density at radius 3 is 2.42 bits per heavy atom. The molecule has 0 spiro atoms. The van der Waals surface area contributed by atoms with Crippen LogP contribution in [0.4, 0.5) is 0 Å². The van der Waals surface area contributed by atoms with Crippen LogP contribution in [0.3, 0.4) is 0 Å². The zero-order valence-corrected chi connectivity index (χ0v) is 15.3. The highest BCUT2D eigenvalue weighted by Gasteiger charge is 2.18. The molecule has 0 aliphatic heterocycles. The number of hydrogen-bond acceptors (Lipinski definition) is 1. The van der Waals surface area contributed by atoms with E-state index in [1.165, 1.54) is 10.5 Å². The zero-order valence-electron chi connectivity index (χ0n) is 10.6. The molecule has 0 aromatic heterocycles. The maximum absolute atomic E-state index is 6.68. The molecule has 0 amide bonds. The molecule has 0 radical (unpaired) electrons. The molecule has 0 aliphatic rings. The fourth-order valence-corrected chi connectivity index (χ4v) is 4.15. The van der Waals surface area contributed by atoms with Crippen molar-refractivity contribution in [1.29, 1.82) is 0 Å². The summed E-state index contributed by atoms with van der Waals surface area (Å²) in [4.78, 5) is 1.21. The number of halogens is 3. The van der Waals surface area contributed by atoms with Gasteiger partial charge in [0.05, 0.1) is 5.38 Å². The van der Waals surface area contributed by atoms with Gasteiger partial charge in [0.1, 0.15) is 0 Å². The summed E-state index contributed by atoms with van der Waals surface area (Å²) in [7, 11) is 0. The van der Waals surface area contributed by atoms with Gasteiger partial charge in [-0.2, -0.15) is 0 Å². The highest BCUT2D eigenvalue weighted by atomic mass is 79.9. The zero-order chi connectivity index (χ0) is 14.0. The Labute approximate surface area is 140 Å². The third-order valence-electron chi connectivity index (χ3n) is 2.96. The van der Waals surface area contributed by atoms with Gasteiger partial charge in [0.2, 0.25) is 0 Å². The van der Waals surface area contributed by atoms with Crippen LogP contribution in [0, 0.1) is 6.92 Å². The van der Waals surface area contributed by atoms with Crippen LogP contribution >= 0.6 is 55.2 Å². The van der Waals surface area contributed by atoms with Crippen molar-refractivity contribution in [1.82, 2.24) is 0 Å². The predicted molar refractivity (Wildman–Crippen MR) is 92.5 cm³/mol. The lowest BCUT2D eigenvalue weighted by Crippen LogP contribution is -1.97. The van der Waals surface area contributed by atoms with Gasteiger partial charge in [0.25, 0.3) is 0 Å². The van der Waals surface area contributed by atoms with Crippen molar-refractivity contribution in [3.63, 3.8) is 0 Å². The molecule has 0 nitrogen and oxygen atoms in total. The molecular weight excluding hydrogens is 407 g/mol. The molecule has 2 rings (SSSR count). The summed E-state index contributed by atoms with van der Waals surface area (Å²) in [6.45, 7) is 2.07. The first-order valence-corrected chi connectivity index (χ1v) is 9.02. The topological polar surface area (TPSA) is 0 Å². The van der Waals surface area contributed by atoms with Gasteiger partial charge in [-0.3, -0.25) is 0 Å². The molecule has 4 heteroatoms. The smallest absolute Gasteiger partial charge is 0.0857 e. The standard InChI is InChI=1S/C15H13Br2ClS/c1-9-7-13(17)11(8-12(9)16)15(18)10-5-3-4-6-14(10)19-2/h3-8,15H,1-2H3.